The van der Waals surface area contributed by atoms with Crippen molar-refractivity contribution in [3.05, 3.63) is 54.1 Å². The smallest absolute Gasteiger partial charge is 0.241 e. The van der Waals surface area contributed by atoms with E-state index in [1.54, 1.807) is 24.3 Å². The monoisotopic (exact) mass is 388 g/mol. The van der Waals surface area contributed by atoms with Gasteiger partial charge >= 0.3 is 0 Å². The SMILES string of the molecule is CC(C(=O)Nc1cccc(C#N)c1)N1CCCN(c2nc3ccccc3[nH]2)CC1. The van der Waals surface area contributed by atoms with Crippen molar-refractivity contribution in [3.8, 4) is 6.07 Å². The molecule has 0 bridgehead atoms. The summed E-state index contributed by atoms with van der Waals surface area (Å²) >= 11 is 0. The molecular formula is C22H24N6O. The highest BCUT2D eigenvalue weighted by atomic mass is 16.2. The predicted octanol–water partition coefficient (Wildman–Crippen LogP) is 2.97. The topological polar surface area (TPSA) is 88.1 Å². The lowest BCUT2D eigenvalue weighted by molar-refractivity contribution is -0.120. The van der Waals surface area contributed by atoms with Gasteiger partial charge in [-0.25, -0.2) is 4.98 Å². The van der Waals surface area contributed by atoms with Crippen LogP contribution < -0.4 is 10.2 Å². The fourth-order valence-electron chi connectivity index (χ4n) is 3.70. The van der Waals surface area contributed by atoms with Crippen molar-refractivity contribution in [3.63, 3.8) is 0 Å². The molecule has 2 heterocycles. The highest BCUT2D eigenvalue weighted by molar-refractivity contribution is 5.94. The molecule has 0 saturated carbocycles. The van der Waals surface area contributed by atoms with Gasteiger partial charge in [0.1, 0.15) is 0 Å². The lowest BCUT2D eigenvalue weighted by atomic mass is 10.2. The maximum Gasteiger partial charge on any atom is 0.241 e. The molecule has 0 aliphatic carbocycles. The molecule has 29 heavy (non-hydrogen) atoms. The van der Waals surface area contributed by atoms with Gasteiger partial charge in [-0.05, 0) is 43.7 Å². The number of anilines is 2. The summed E-state index contributed by atoms with van der Waals surface area (Å²) in [6, 6.07) is 16.9. The lowest BCUT2D eigenvalue weighted by Crippen LogP contribution is -2.44. The number of para-hydroxylation sites is 2. The third kappa shape index (κ3) is 4.23. The maximum absolute atomic E-state index is 12.7. The Morgan fingerprint density at radius 2 is 2.03 bits per heavy atom. The number of rotatable bonds is 4. The normalized spacial score (nSPS) is 16.2. The van der Waals surface area contributed by atoms with E-state index >= 15 is 0 Å². The van der Waals surface area contributed by atoms with Crippen LogP contribution in [-0.4, -0.2) is 53.0 Å². The van der Waals surface area contributed by atoms with Gasteiger partial charge in [0.05, 0.1) is 28.7 Å². The van der Waals surface area contributed by atoms with Crippen molar-refractivity contribution in [1.29, 1.82) is 5.26 Å². The summed E-state index contributed by atoms with van der Waals surface area (Å²) in [5, 5.41) is 12.0. The number of carbonyl (C=O) groups excluding carboxylic acids is 1. The molecule has 0 spiro atoms. The first-order chi connectivity index (χ1) is 14.1. The van der Waals surface area contributed by atoms with E-state index in [1.165, 1.54) is 0 Å². The van der Waals surface area contributed by atoms with Crippen molar-refractivity contribution in [2.45, 2.75) is 19.4 Å². The van der Waals surface area contributed by atoms with Gasteiger partial charge in [0, 0.05) is 31.9 Å². The fraction of sp³-hybridized carbons (Fsp3) is 0.318. The molecule has 4 rings (SSSR count). The first kappa shape index (κ1) is 19.0. The van der Waals surface area contributed by atoms with E-state index in [0.717, 1.165) is 49.6 Å². The van der Waals surface area contributed by atoms with Gasteiger partial charge < -0.3 is 15.2 Å². The maximum atomic E-state index is 12.7. The molecule has 3 aromatic rings. The third-order valence-electron chi connectivity index (χ3n) is 5.39. The Kier molecular flexibility index (Phi) is 5.45. The van der Waals surface area contributed by atoms with Gasteiger partial charge in [0.2, 0.25) is 11.9 Å². The van der Waals surface area contributed by atoms with E-state index in [-0.39, 0.29) is 11.9 Å². The molecule has 2 N–H and O–H groups in total. The van der Waals surface area contributed by atoms with Gasteiger partial charge in [-0.15, -0.1) is 0 Å². The number of aromatic nitrogens is 2. The first-order valence-corrected chi connectivity index (χ1v) is 9.89. The molecule has 1 atom stereocenters. The molecule has 7 nitrogen and oxygen atoms in total. The van der Waals surface area contributed by atoms with Crippen LogP contribution in [0.1, 0.15) is 18.9 Å². The summed E-state index contributed by atoms with van der Waals surface area (Å²) < 4.78 is 0. The number of nitrogens with one attached hydrogen (secondary N) is 2. The zero-order chi connectivity index (χ0) is 20.2. The van der Waals surface area contributed by atoms with E-state index in [0.29, 0.717) is 11.3 Å². The van der Waals surface area contributed by atoms with Crippen LogP contribution in [0.15, 0.2) is 48.5 Å². The summed E-state index contributed by atoms with van der Waals surface area (Å²) in [6.07, 6.45) is 0.957. The number of benzene rings is 2. The number of carbonyl (C=O) groups is 1. The number of amides is 1. The standard InChI is InChI=1S/C22H24N6O/c1-16(21(29)24-18-7-4-6-17(14-18)15-23)27-10-5-11-28(13-12-27)22-25-19-8-2-3-9-20(19)26-22/h2-4,6-9,14,16H,5,10-13H2,1H3,(H,24,29)(H,25,26). The minimum atomic E-state index is -0.253. The Hall–Kier alpha value is -3.37. The van der Waals surface area contributed by atoms with Gasteiger partial charge in [0.25, 0.3) is 0 Å². The van der Waals surface area contributed by atoms with Crippen LogP contribution >= 0.6 is 0 Å². The molecule has 0 radical (unpaired) electrons. The van der Waals surface area contributed by atoms with Crippen LogP contribution in [0.5, 0.6) is 0 Å². The average Bonchev–Trinajstić information content (AvgIpc) is 3.03. The van der Waals surface area contributed by atoms with Crippen LogP contribution in [0.2, 0.25) is 0 Å². The minimum Gasteiger partial charge on any atom is -0.341 e. The number of hydrogen-bond acceptors (Lipinski definition) is 5. The highest BCUT2D eigenvalue weighted by Crippen LogP contribution is 2.19. The molecule has 2 aromatic carbocycles. The molecule has 1 saturated heterocycles. The second-order valence-electron chi connectivity index (χ2n) is 7.31. The van der Waals surface area contributed by atoms with E-state index < -0.39 is 0 Å². The molecule has 1 aliphatic rings. The molecule has 148 valence electrons. The second-order valence-corrected chi connectivity index (χ2v) is 7.31. The summed E-state index contributed by atoms with van der Waals surface area (Å²) in [6.45, 7) is 5.27. The quantitative estimate of drug-likeness (QED) is 0.717. The van der Waals surface area contributed by atoms with Crippen LogP contribution in [0.4, 0.5) is 11.6 Å². The summed E-state index contributed by atoms with van der Waals surface area (Å²) in [5.41, 5.74) is 3.19. The number of hydrogen-bond donors (Lipinski definition) is 2. The molecule has 7 heteroatoms. The van der Waals surface area contributed by atoms with E-state index in [9.17, 15) is 4.79 Å². The second kappa shape index (κ2) is 8.33. The predicted molar refractivity (Wildman–Crippen MR) is 114 cm³/mol. The average molecular weight is 388 g/mol. The third-order valence-corrected chi connectivity index (χ3v) is 5.39. The number of H-pyrrole nitrogens is 1. The molecule has 1 amide bonds. The van der Waals surface area contributed by atoms with E-state index in [4.69, 9.17) is 10.2 Å². The van der Waals surface area contributed by atoms with Crippen molar-refractivity contribution < 1.29 is 4.79 Å². The summed E-state index contributed by atoms with van der Waals surface area (Å²) in [5.74, 6) is 0.829. The Labute approximate surface area is 170 Å². The van der Waals surface area contributed by atoms with Crippen LogP contribution in [0.3, 0.4) is 0 Å². The van der Waals surface area contributed by atoms with E-state index in [1.807, 2.05) is 31.2 Å². The molecule has 1 unspecified atom stereocenters. The van der Waals surface area contributed by atoms with Crippen LogP contribution in [0, 0.1) is 11.3 Å². The summed E-state index contributed by atoms with van der Waals surface area (Å²) in [7, 11) is 0. The summed E-state index contributed by atoms with van der Waals surface area (Å²) in [4.78, 5) is 25.3. The lowest BCUT2D eigenvalue weighted by Gasteiger charge is -2.27. The Bertz CT molecular complexity index is 1020. The van der Waals surface area contributed by atoms with Crippen molar-refractivity contribution >= 4 is 28.6 Å². The van der Waals surface area contributed by atoms with Crippen LogP contribution in [0.25, 0.3) is 11.0 Å². The Morgan fingerprint density at radius 1 is 1.17 bits per heavy atom. The van der Waals surface area contributed by atoms with E-state index in [2.05, 4.69) is 26.2 Å². The zero-order valence-electron chi connectivity index (χ0n) is 16.4. The number of aromatic amines is 1. The van der Waals surface area contributed by atoms with Crippen LogP contribution in [-0.2, 0) is 4.79 Å². The Balaban J connectivity index is 1.39. The number of fused-ring (bicyclic) bond motifs is 1. The number of nitriles is 1. The van der Waals surface area contributed by atoms with Crippen molar-refractivity contribution in [1.82, 2.24) is 14.9 Å². The molecule has 1 aromatic heterocycles. The van der Waals surface area contributed by atoms with Crippen molar-refractivity contribution in [2.75, 3.05) is 36.4 Å². The van der Waals surface area contributed by atoms with Gasteiger partial charge in [-0.3, -0.25) is 9.69 Å². The molecule has 1 aliphatic heterocycles. The Morgan fingerprint density at radius 3 is 2.86 bits per heavy atom. The largest absolute Gasteiger partial charge is 0.341 e. The van der Waals surface area contributed by atoms with Gasteiger partial charge in [-0.2, -0.15) is 5.26 Å². The fourth-order valence-corrected chi connectivity index (χ4v) is 3.70. The number of nitrogens with zero attached hydrogens (tertiary/aromatic N) is 4. The van der Waals surface area contributed by atoms with Gasteiger partial charge in [0.15, 0.2) is 0 Å². The molecular weight excluding hydrogens is 364 g/mol. The van der Waals surface area contributed by atoms with Gasteiger partial charge in [-0.1, -0.05) is 18.2 Å². The molecule has 1 fully saturated rings. The zero-order valence-corrected chi connectivity index (χ0v) is 16.4. The number of imidazole rings is 1. The minimum absolute atomic E-state index is 0.0581. The van der Waals surface area contributed by atoms with Crippen molar-refractivity contribution in [2.24, 2.45) is 0 Å². The highest BCUT2D eigenvalue weighted by Gasteiger charge is 2.25. The first-order valence-electron chi connectivity index (χ1n) is 9.89.